The molecular formula is C21H18F4N4O. The van der Waals surface area contributed by atoms with E-state index in [1.165, 1.54) is 16.2 Å². The van der Waals surface area contributed by atoms with Gasteiger partial charge < -0.3 is 10.2 Å². The summed E-state index contributed by atoms with van der Waals surface area (Å²) >= 11 is 0. The second-order valence-corrected chi connectivity index (χ2v) is 7.79. The summed E-state index contributed by atoms with van der Waals surface area (Å²) in [5, 5.41) is 7.98. The number of nitrogens with one attached hydrogen (secondary N) is 1. The lowest BCUT2D eigenvalue weighted by Crippen LogP contribution is -2.54. The Balaban J connectivity index is 1.44. The Kier molecular flexibility index (Phi) is 4.23. The number of hydrogen-bond acceptors (Lipinski definition) is 4. The summed E-state index contributed by atoms with van der Waals surface area (Å²) in [5.74, 6) is -5.37. The minimum atomic E-state index is -3.12. The van der Waals surface area contributed by atoms with Crippen LogP contribution in [0.3, 0.4) is 0 Å². The smallest absolute Gasteiger partial charge is 0.290 e. The number of hydrazone groups is 1. The molecule has 0 radical (unpaired) electrons. The monoisotopic (exact) mass is 418 g/mol. The number of rotatable bonds is 2. The summed E-state index contributed by atoms with van der Waals surface area (Å²) in [6.45, 7) is 0. The average Bonchev–Trinajstić information content (AvgIpc) is 3.20. The van der Waals surface area contributed by atoms with E-state index in [2.05, 4.69) is 10.4 Å². The normalized spacial score (nSPS) is 26.9. The summed E-state index contributed by atoms with van der Waals surface area (Å²) < 4.78 is 57.8. The standard InChI is InChI=1S/C21H18F4N4O/c22-14-8-13-6-7-16(19(30)27-18(13)15(23)9-14)28-11-26-29-17(10-21(24,25)20(28)29)12-4-2-1-3-5-12/h1-5,8-9,11,16-17,20H,6-7,10H2,(H,27,30)/t16-,17?,20?/m0/s1. The van der Waals surface area contributed by atoms with Crippen molar-refractivity contribution < 1.29 is 22.4 Å². The van der Waals surface area contributed by atoms with Gasteiger partial charge in [-0.05, 0) is 30.0 Å². The third kappa shape index (κ3) is 2.91. The number of hydrogen-bond donors (Lipinski definition) is 1. The molecule has 1 saturated heterocycles. The highest BCUT2D eigenvalue weighted by atomic mass is 19.3. The van der Waals surface area contributed by atoms with Crippen molar-refractivity contribution in [1.29, 1.82) is 0 Å². The van der Waals surface area contributed by atoms with Crippen molar-refractivity contribution in [2.75, 3.05) is 5.32 Å². The van der Waals surface area contributed by atoms with Crippen molar-refractivity contribution in [2.45, 2.75) is 43.4 Å². The lowest BCUT2D eigenvalue weighted by molar-refractivity contribution is -0.125. The van der Waals surface area contributed by atoms with Gasteiger partial charge in [0.15, 0.2) is 6.17 Å². The molecule has 3 heterocycles. The molecular weight excluding hydrogens is 400 g/mol. The number of benzene rings is 2. The summed E-state index contributed by atoms with van der Waals surface area (Å²) in [4.78, 5) is 14.1. The number of aryl methyl sites for hydroxylation is 1. The van der Waals surface area contributed by atoms with Crippen LogP contribution in [0.2, 0.25) is 0 Å². The third-order valence-corrected chi connectivity index (χ3v) is 5.93. The van der Waals surface area contributed by atoms with Gasteiger partial charge in [0.25, 0.3) is 5.92 Å². The summed E-state index contributed by atoms with van der Waals surface area (Å²) in [7, 11) is 0. The average molecular weight is 418 g/mol. The van der Waals surface area contributed by atoms with E-state index in [9.17, 15) is 13.6 Å². The zero-order valence-electron chi connectivity index (χ0n) is 15.7. The van der Waals surface area contributed by atoms with Gasteiger partial charge in [-0.2, -0.15) is 5.10 Å². The second kappa shape index (κ2) is 6.72. The number of amides is 1. The van der Waals surface area contributed by atoms with Gasteiger partial charge in [-0.25, -0.2) is 17.6 Å². The minimum Gasteiger partial charge on any atom is -0.322 e. The number of fused-ring (bicyclic) bond motifs is 2. The lowest BCUT2D eigenvalue weighted by Gasteiger charge is -2.34. The summed E-state index contributed by atoms with van der Waals surface area (Å²) in [5.41, 5.74) is 0.919. The highest BCUT2D eigenvalue weighted by molar-refractivity contribution is 5.97. The van der Waals surface area contributed by atoms with E-state index < -0.39 is 48.1 Å². The van der Waals surface area contributed by atoms with Crippen LogP contribution in [0.25, 0.3) is 0 Å². The summed E-state index contributed by atoms with van der Waals surface area (Å²) in [6.07, 6.45) is -0.293. The molecule has 2 unspecified atom stereocenters. The topological polar surface area (TPSA) is 47.9 Å². The second-order valence-electron chi connectivity index (χ2n) is 7.79. The van der Waals surface area contributed by atoms with E-state index in [1.807, 2.05) is 6.07 Å². The first-order valence-corrected chi connectivity index (χ1v) is 9.66. The maximum atomic E-state index is 15.0. The van der Waals surface area contributed by atoms with Crippen LogP contribution >= 0.6 is 0 Å². The van der Waals surface area contributed by atoms with E-state index >= 15 is 8.78 Å². The molecule has 3 aliphatic heterocycles. The molecule has 2 aromatic rings. The number of carbonyl (C=O) groups is 1. The Morgan fingerprint density at radius 2 is 1.87 bits per heavy atom. The van der Waals surface area contributed by atoms with Crippen LogP contribution < -0.4 is 5.32 Å². The number of anilines is 1. The number of halogens is 4. The van der Waals surface area contributed by atoms with Crippen molar-refractivity contribution in [1.82, 2.24) is 9.91 Å². The highest BCUT2D eigenvalue weighted by Gasteiger charge is 2.60. The molecule has 0 bridgehead atoms. The maximum Gasteiger partial charge on any atom is 0.290 e. The van der Waals surface area contributed by atoms with Crippen LogP contribution in [-0.4, -0.2) is 40.3 Å². The van der Waals surface area contributed by atoms with Gasteiger partial charge in [0.05, 0.1) is 11.7 Å². The molecule has 30 heavy (non-hydrogen) atoms. The van der Waals surface area contributed by atoms with E-state index in [0.717, 1.165) is 6.07 Å². The fourth-order valence-electron chi connectivity index (χ4n) is 4.58. The van der Waals surface area contributed by atoms with Gasteiger partial charge >= 0.3 is 0 Å². The van der Waals surface area contributed by atoms with E-state index in [0.29, 0.717) is 17.2 Å². The molecule has 2 aromatic carbocycles. The number of carbonyl (C=O) groups excluding carboxylic acids is 1. The van der Waals surface area contributed by atoms with Crippen molar-refractivity contribution in [3.8, 4) is 0 Å². The molecule has 3 aliphatic rings. The molecule has 5 nitrogen and oxygen atoms in total. The highest BCUT2D eigenvalue weighted by Crippen LogP contribution is 2.49. The Hall–Kier alpha value is -3.10. The number of nitrogens with zero attached hydrogens (tertiary/aromatic N) is 3. The molecule has 5 rings (SSSR count). The zero-order valence-corrected chi connectivity index (χ0v) is 15.7. The molecule has 1 amide bonds. The molecule has 156 valence electrons. The summed E-state index contributed by atoms with van der Waals surface area (Å²) in [6, 6.07) is 9.15. The van der Waals surface area contributed by atoms with Gasteiger partial charge in [0, 0.05) is 12.5 Å². The van der Waals surface area contributed by atoms with Crippen LogP contribution in [0.5, 0.6) is 0 Å². The Bertz CT molecular complexity index is 1030. The van der Waals surface area contributed by atoms with Crippen molar-refractivity contribution in [2.24, 2.45) is 5.10 Å². The number of alkyl halides is 2. The predicted molar refractivity (Wildman–Crippen MR) is 102 cm³/mol. The molecule has 0 aliphatic carbocycles. The first kappa shape index (κ1) is 18.9. The Morgan fingerprint density at radius 1 is 1.10 bits per heavy atom. The van der Waals surface area contributed by atoms with Crippen LogP contribution in [0.1, 0.15) is 30.0 Å². The third-order valence-electron chi connectivity index (χ3n) is 5.93. The fourth-order valence-corrected chi connectivity index (χ4v) is 4.58. The van der Waals surface area contributed by atoms with Crippen molar-refractivity contribution in [3.05, 3.63) is 65.2 Å². The van der Waals surface area contributed by atoms with Gasteiger partial charge in [-0.15, -0.1) is 0 Å². The largest absolute Gasteiger partial charge is 0.322 e. The molecule has 9 heteroatoms. The SMILES string of the molecule is O=C1Nc2c(F)cc(F)cc2CC[C@@H]1N1C=NN2C(c3ccccc3)CC(F)(F)C21. The molecule has 0 spiro atoms. The van der Waals surface area contributed by atoms with Crippen molar-refractivity contribution in [3.63, 3.8) is 0 Å². The lowest BCUT2D eigenvalue weighted by atomic mass is 10.0. The Morgan fingerprint density at radius 3 is 2.63 bits per heavy atom. The molecule has 1 fully saturated rings. The zero-order chi connectivity index (χ0) is 21.0. The van der Waals surface area contributed by atoms with E-state index in [-0.39, 0.29) is 18.5 Å². The Labute approximate surface area is 170 Å². The van der Waals surface area contributed by atoms with Crippen LogP contribution in [0.4, 0.5) is 23.2 Å². The van der Waals surface area contributed by atoms with Crippen LogP contribution in [0, 0.1) is 11.6 Å². The predicted octanol–water partition coefficient (Wildman–Crippen LogP) is 3.89. The first-order chi connectivity index (χ1) is 14.3. The van der Waals surface area contributed by atoms with Crippen LogP contribution in [0.15, 0.2) is 47.6 Å². The van der Waals surface area contributed by atoms with Gasteiger partial charge in [0.1, 0.15) is 24.0 Å². The molecule has 3 atom stereocenters. The molecule has 0 saturated carbocycles. The fraction of sp³-hybridized carbons (Fsp3) is 0.333. The minimum absolute atomic E-state index is 0.0998. The molecule has 1 N–H and O–H groups in total. The van der Waals surface area contributed by atoms with E-state index in [4.69, 9.17) is 0 Å². The molecule has 0 aromatic heterocycles. The van der Waals surface area contributed by atoms with Gasteiger partial charge in [-0.3, -0.25) is 9.80 Å². The maximum absolute atomic E-state index is 15.0. The van der Waals surface area contributed by atoms with Crippen LogP contribution in [-0.2, 0) is 11.2 Å². The first-order valence-electron chi connectivity index (χ1n) is 9.66. The van der Waals surface area contributed by atoms with Crippen molar-refractivity contribution >= 4 is 17.9 Å². The van der Waals surface area contributed by atoms with Gasteiger partial charge in [0.2, 0.25) is 5.91 Å². The van der Waals surface area contributed by atoms with E-state index in [1.54, 1.807) is 24.3 Å². The van der Waals surface area contributed by atoms with Gasteiger partial charge in [-0.1, -0.05) is 30.3 Å². The quantitative estimate of drug-likeness (QED) is 0.753.